The molecule has 0 saturated heterocycles. The van der Waals surface area contributed by atoms with Gasteiger partial charge in [-0.3, -0.25) is 0 Å². The van der Waals surface area contributed by atoms with E-state index in [4.69, 9.17) is 4.74 Å². The fraction of sp³-hybridized carbons (Fsp3) is 0.0769. The molecule has 0 unspecified atom stereocenters. The van der Waals surface area contributed by atoms with Crippen LogP contribution >= 0.6 is 0 Å². The highest BCUT2D eigenvalue weighted by Crippen LogP contribution is 2.57. The van der Waals surface area contributed by atoms with E-state index in [1.807, 2.05) is 78.9 Å². The van der Waals surface area contributed by atoms with Crippen LogP contribution in [0.15, 0.2) is 91.0 Å². The quantitative estimate of drug-likeness (QED) is 0.353. The minimum absolute atomic E-state index is 0.472. The van der Waals surface area contributed by atoms with Crippen LogP contribution in [0.25, 0.3) is 11.1 Å². The van der Waals surface area contributed by atoms with Crippen molar-refractivity contribution in [3.8, 4) is 16.9 Å². The van der Waals surface area contributed by atoms with E-state index in [0.29, 0.717) is 16.9 Å². The van der Waals surface area contributed by atoms with Crippen molar-refractivity contribution in [1.82, 2.24) is 0 Å². The van der Waals surface area contributed by atoms with Gasteiger partial charge in [-0.2, -0.15) is 0 Å². The smallest absolute Gasteiger partial charge is 0.131 e. The second-order valence-corrected chi connectivity index (χ2v) is 7.20. The van der Waals surface area contributed by atoms with E-state index >= 15 is 4.39 Å². The fourth-order valence-electron chi connectivity index (χ4n) is 4.64. The number of fused-ring (bicyclic) bond motifs is 3. The van der Waals surface area contributed by atoms with Crippen LogP contribution in [0, 0.1) is 11.6 Å². The van der Waals surface area contributed by atoms with Gasteiger partial charge in [-0.05, 0) is 46.0 Å². The maximum atomic E-state index is 15.5. The Morgan fingerprint density at radius 2 is 1.31 bits per heavy atom. The first-order chi connectivity index (χ1) is 14.2. The Labute approximate surface area is 168 Å². The van der Waals surface area contributed by atoms with Gasteiger partial charge in [0, 0.05) is 11.6 Å². The molecule has 3 heteroatoms. The Balaban J connectivity index is 2.01. The topological polar surface area (TPSA) is 9.23 Å². The molecule has 4 aromatic carbocycles. The Bertz CT molecular complexity index is 1160. The van der Waals surface area contributed by atoms with Crippen molar-refractivity contribution < 1.29 is 13.5 Å². The van der Waals surface area contributed by atoms with E-state index in [0.717, 1.165) is 28.3 Å². The number of rotatable bonds is 3. The summed E-state index contributed by atoms with van der Waals surface area (Å²) in [6.07, 6.45) is 0. The number of hydrogen-bond acceptors (Lipinski definition) is 1. The van der Waals surface area contributed by atoms with Crippen molar-refractivity contribution in [1.29, 1.82) is 0 Å². The lowest BCUT2D eigenvalue weighted by Gasteiger charge is -2.34. The summed E-state index contributed by atoms with van der Waals surface area (Å²) in [5.74, 6) is -0.462. The van der Waals surface area contributed by atoms with Gasteiger partial charge < -0.3 is 4.74 Å². The lowest BCUT2D eigenvalue weighted by Crippen LogP contribution is -2.29. The molecular weight excluding hydrogens is 366 g/mol. The molecular formula is C26H18F2O. The molecule has 0 radical (unpaired) electrons. The second kappa shape index (κ2) is 6.56. The molecule has 1 aliphatic carbocycles. The van der Waals surface area contributed by atoms with Gasteiger partial charge in [-0.15, -0.1) is 0 Å². The summed E-state index contributed by atoms with van der Waals surface area (Å²) in [7, 11) is 1.61. The van der Waals surface area contributed by atoms with Crippen molar-refractivity contribution in [3.05, 3.63) is 125 Å². The summed E-state index contributed by atoms with van der Waals surface area (Å²) < 4.78 is 35.2. The highest BCUT2D eigenvalue weighted by Gasteiger charge is 2.48. The summed E-state index contributed by atoms with van der Waals surface area (Å²) in [4.78, 5) is 0. The number of methoxy groups -OCH3 is 1. The number of halogens is 2. The molecule has 0 aromatic heterocycles. The highest BCUT2D eigenvalue weighted by molar-refractivity contribution is 5.87. The molecule has 1 aliphatic rings. The van der Waals surface area contributed by atoms with E-state index in [-0.39, 0.29) is 0 Å². The average molecular weight is 384 g/mol. The molecule has 0 amide bonds. The lowest BCUT2D eigenvalue weighted by atomic mass is 9.67. The monoisotopic (exact) mass is 384 g/mol. The van der Waals surface area contributed by atoms with Gasteiger partial charge in [0.25, 0.3) is 0 Å². The zero-order valence-electron chi connectivity index (χ0n) is 15.8. The molecule has 5 rings (SSSR count). The van der Waals surface area contributed by atoms with E-state index in [1.165, 1.54) is 6.07 Å². The van der Waals surface area contributed by atoms with E-state index < -0.39 is 17.0 Å². The minimum Gasteiger partial charge on any atom is -0.497 e. The number of benzene rings is 4. The molecule has 0 atom stereocenters. The van der Waals surface area contributed by atoms with Crippen molar-refractivity contribution in [2.75, 3.05) is 7.11 Å². The fourth-order valence-corrected chi connectivity index (χ4v) is 4.64. The molecule has 142 valence electrons. The highest BCUT2D eigenvalue weighted by atomic mass is 19.1. The first-order valence-corrected chi connectivity index (χ1v) is 9.45. The van der Waals surface area contributed by atoms with E-state index in [9.17, 15) is 4.39 Å². The minimum atomic E-state index is -0.903. The van der Waals surface area contributed by atoms with Crippen LogP contribution in [0.1, 0.15) is 22.3 Å². The van der Waals surface area contributed by atoms with Crippen molar-refractivity contribution in [3.63, 3.8) is 0 Å². The van der Waals surface area contributed by atoms with Crippen LogP contribution in [0.4, 0.5) is 8.78 Å². The molecule has 0 saturated carbocycles. The maximum absolute atomic E-state index is 15.5. The third-order valence-corrected chi connectivity index (χ3v) is 5.76. The van der Waals surface area contributed by atoms with Crippen molar-refractivity contribution >= 4 is 0 Å². The van der Waals surface area contributed by atoms with Gasteiger partial charge in [0.2, 0.25) is 0 Å². The summed E-state index contributed by atoms with van der Waals surface area (Å²) in [5, 5.41) is 0. The number of ether oxygens (including phenoxy) is 1. The average Bonchev–Trinajstić information content (AvgIpc) is 3.05. The summed E-state index contributed by atoms with van der Waals surface area (Å²) in [5.41, 5.74) is 3.68. The SMILES string of the molecule is COc1ccc2c(c1)C(c1ccccc1)(c1ccccc1)c1c(F)cc(F)cc1-2. The first-order valence-electron chi connectivity index (χ1n) is 9.45. The van der Waals surface area contributed by atoms with Crippen LogP contribution < -0.4 is 4.74 Å². The Hall–Kier alpha value is -3.46. The Morgan fingerprint density at radius 1 is 0.690 bits per heavy atom. The van der Waals surface area contributed by atoms with E-state index in [1.54, 1.807) is 7.11 Å². The molecule has 0 aliphatic heterocycles. The molecule has 1 nitrogen and oxygen atoms in total. The predicted molar refractivity (Wildman–Crippen MR) is 110 cm³/mol. The molecule has 0 N–H and O–H groups in total. The normalized spacial score (nSPS) is 13.6. The van der Waals surface area contributed by atoms with Crippen LogP contribution in [0.3, 0.4) is 0 Å². The first kappa shape index (κ1) is 17.6. The summed E-state index contributed by atoms with van der Waals surface area (Å²) >= 11 is 0. The molecule has 0 bridgehead atoms. The molecule has 0 spiro atoms. The standard InChI is InChI=1S/C26H18F2O/c1-29-20-12-13-21-22-14-19(27)15-24(28)25(22)26(23(21)16-20,17-8-4-2-5-9-17)18-10-6-3-7-11-18/h2-16H,1H3. The molecule has 0 fully saturated rings. The van der Waals surface area contributed by atoms with Crippen molar-refractivity contribution in [2.45, 2.75) is 5.41 Å². The van der Waals surface area contributed by atoms with Crippen LogP contribution in [-0.2, 0) is 5.41 Å². The molecule has 4 aromatic rings. The largest absolute Gasteiger partial charge is 0.497 e. The van der Waals surface area contributed by atoms with Crippen LogP contribution in [0.2, 0.25) is 0 Å². The van der Waals surface area contributed by atoms with E-state index in [2.05, 4.69) is 0 Å². The van der Waals surface area contributed by atoms with Gasteiger partial charge in [0.15, 0.2) is 0 Å². The second-order valence-electron chi connectivity index (χ2n) is 7.20. The lowest BCUT2D eigenvalue weighted by molar-refractivity contribution is 0.414. The van der Waals surface area contributed by atoms with Crippen LogP contribution in [0.5, 0.6) is 5.75 Å². The van der Waals surface area contributed by atoms with Gasteiger partial charge >= 0.3 is 0 Å². The Kier molecular flexibility index (Phi) is 3.99. The summed E-state index contributed by atoms with van der Waals surface area (Å²) in [6, 6.07) is 27.7. The van der Waals surface area contributed by atoms with Crippen LogP contribution in [-0.4, -0.2) is 7.11 Å². The Morgan fingerprint density at radius 3 is 1.90 bits per heavy atom. The molecule has 0 heterocycles. The zero-order valence-corrected chi connectivity index (χ0v) is 15.8. The summed E-state index contributed by atoms with van der Waals surface area (Å²) in [6.45, 7) is 0. The third-order valence-electron chi connectivity index (χ3n) is 5.76. The zero-order chi connectivity index (χ0) is 20.0. The van der Waals surface area contributed by atoms with Gasteiger partial charge in [-0.25, -0.2) is 8.78 Å². The van der Waals surface area contributed by atoms with Crippen molar-refractivity contribution in [2.24, 2.45) is 0 Å². The molecule has 29 heavy (non-hydrogen) atoms. The van der Waals surface area contributed by atoms with Gasteiger partial charge in [-0.1, -0.05) is 66.7 Å². The van der Waals surface area contributed by atoms with Gasteiger partial charge in [0.05, 0.1) is 12.5 Å². The third kappa shape index (κ3) is 2.44. The van der Waals surface area contributed by atoms with Gasteiger partial charge in [0.1, 0.15) is 17.4 Å². The predicted octanol–water partition coefficient (Wildman–Crippen LogP) is 6.34. The number of hydrogen-bond donors (Lipinski definition) is 0. The maximum Gasteiger partial charge on any atom is 0.131 e.